The van der Waals surface area contributed by atoms with Gasteiger partial charge in [0.1, 0.15) is 0 Å². The van der Waals surface area contributed by atoms with Crippen molar-refractivity contribution in [1.82, 2.24) is 0 Å². The van der Waals surface area contributed by atoms with Crippen LogP contribution >= 0.6 is 0 Å². The smallest absolute Gasteiger partial charge is 0.178 e. The molecular weight excluding hydrogens is 263 g/mol. The second kappa shape index (κ2) is 4.32. The number of rotatable bonds is 0. The lowest BCUT2D eigenvalue weighted by Crippen LogP contribution is -2.50. The van der Waals surface area contributed by atoms with Crippen LogP contribution in [0, 0.1) is 28.6 Å². The molecule has 1 N–H and O–H groups in total. The molecule has 0 aromatic carbocycles. The third-order valence-electron chi connectivity index (χ3n) is 7.51. The maximum atomic E-state index is 11.7. The highest BCUT2D eigenvalue weighted by Gasteiger charge is 2.58. The van der Waals surface area contributed by atoms with Crippen LogP contribution in [-0.4, -0.2) is 17.0 Å². The molecule has 2 nitrogen and oxygen atoms in total. The van der Waals surface area contributed by atoms with Gasteiger partial charge in [-0.2, -0.15) is 0 Å². The molecule has 0 heterocycles. The lowest BCUT2D eigenvalue weighted by atomic mass is 9.49. The molecule has 4 rings (SSSR count). The Morgan fingerprint density at radius 3 is 2.76 bits per heavy atom. The minimum absolute atomic E-state index is 0.0890. The molecule has 3 fully saturated rings. The van der Waals surface area contributed by atoms with Crippen molar-refractivity contribution in [2.24, 2.45) is 28.6 Å². The van der Waals surface area contributed by atoms with Gasteiger partial charge in [0.2, 0.25) is 0 Å². The van der Waals surface area contributed by atoms with E-state index in [-0.39, 0.29) is 22.7 Å². The first kappa shape index (κ1) is 13.8. The molecule has 114 valence electrons. The molecule has 0 aromatic heterocycles. The van der Waals surface area contributed by atoms with E-state index in [4.69, 9.17) is 0 Å². The Kier molecular flexibility index (Phi) is 2.83. The maximum Gasteiger partial charge on any atom is 0.178 e. The summed E-state index contributed by atoms with van der Waals surface area (Å²) in [7, 11) is 0. The Balaban J connectivity index is 1.70. The average Bonchev–Trinajstić information content (AvgIpc) is 2.76. The predicted molar refractivity (Wildman–Crippen MR) is 82.6 cm³/mol. The molecule has 4 aliphatic carbocycles. The Labute approximate surface area is 127 Å². The molecule has 21 heavy (non-hydrogen) atoms. The SMILES string of the molecule is C[C@]12CC[C@H]3[C@@H](CCC4=[13CH][13C](=O)[13CH]=C[C@@]43C)[C@@H]1CC[C@@H]2O. The number of ketones is 1. The monoisotopic (exact) mass is 289 g/mol. The zero-order valence-electron chi connectivity index (χ0n) is 13.1. The summed E-state index contributed by atoms with van der Waals surface area (Å²) in [5.74, 6) is 2.22. The summed E-state index contributed by atoms with van der Waals surface area (Å²) in [4.78, 5) is 11.7. The lowest BCUT2D eigenvalue weighted by molar-refractivity contribution is -0.111. The molecule has 0 spiro atoms. The van der Waals surface area contributed by atoms with E-state index in [0.717, 1.165) is 25.2 Å². The molecule has 0 saturated heterocycles. The molecule has 0 aromatic rings. The maximum absolute atomic E-state index is 11.7. The van der Waals surface area contributed by atoms with Crippen molar-refractivity contribution < 1.29 is 9.90 Å². The van der Waals surface area contributed by atoms with Gasteiger partial charge < -0.3 is 5.11 Å². The van der Waals surface area contributed by atoms with E-state index < -0.39 is 0 Å². The Morgan fingerprint density at radius 1 is 1.14 bits per heavy atom. The first-order chi connectivity index (χ1) is 9.95. The molecular formula is C19H26O2. The van der Waals surface area contributed by atoms with Crippen LogP contribution in [0.4, 0.5) is 0 Å². The average molecular weight is 289 g/mol. The van der Waals surface area contributed by atoms with Crippen molar-refractivity contribution in [2.75, 3.05) is 0 Å². The minimum atomic E-state index is -0.100. The van der Waals surface area contributed by atoms with Crippen LogP contribution in [-0.2, 0) is 4.79 Å². The molecule has 0 amide bonds. The number of carbonyl (C=O) groups is 1. The van der Waals surface area contributed by atoms with Crippen molar-refractivity contribution >= 4 is 5.78 Å². The second-order valence-corrected chi connectivity index (χ2v) is 8.24. The number of aliphatic hydroxyl groups excluding tert-OH is 1. The number of hydrogen-bond acceptors (Lipinski definition) is 2. The van der Waals surface area contributed by atoms with Crippen LogP contribution in [0.15, 0.2) is 23.8 Å². The van der Waals surface area contributed by atoms with Crippen LogP contribution in [0.2, 0.25) is 0 Å². The second-order valence-electron chi connectivity index (χ2n) is 8.24. The van der Waals surface area contributed by atoms with Gasteiger partial charge in [0.05, 0.1) is 6.10 Å². The summed E-state index contributed by atoms with van der Waals surface area (Å²) >= 11 is 0. The van der Waals surface area contributed by atoms with Crippen molar-refractivity contribution in [2.45, 2.75) is 58.5 Å². The normalized spacial score (nSPS) is 52.0. The van der Waals surface area contributed by atoms with Crippen molar-refractivity contribution in [3.05, 3.63) is 23.8 Å². The first-order valence-electron chi connectivity index (χ1n) is 8.57. The summed E-state index contributed by atoms with van der Waals surface area (Å²) in [6.45, 7) is 4.66. The molecule has 0 aliphatic heterocycles. The van der Waals surface area contributed by atoms with Gasteiger partial charge in [-0.3, -0.25) is 4.79 Å². The summed E-state index contributed by atoms with van der Waals surface area (Å²) in [5.41, 5.74) is 1.59. The Bertz CT molecular complexity index is 546. The highest BCUT2D eigenvalue weighted by molar-refractivity contribution is 6.01. The van der Waals surface area contributed by atoms with Crippen LogP contribution in [0.1, 0.15) is 52.4 Å². The van der Waals surface area contributed by atoms with Crippen LogP contribution in [0.3, 0.4) is 0 Å². The number of fused-ring (bicyclic) bond motifs is 5. The summed E-state index contributed by atoms with van der Waals surface area (Å²) in [5, 5.41) is 10.4. The van der Waals surface area contributed by atoms with Crippen LogP contribution in [0.25, 0.3) is 0 Å². The van der Waals surface area contributed by atoms with Gasteiger partial charge in [0, 0.05) is 5.41 Å². The third kappa shape index (κ3) is 1.72. The molecule has 0 unspecified atom stereocenters. The Hall–Kier alpha value is -0.890. The zero-order valence-corrected chi connectivity index (χ0v) is 13.1. The van der Waals surface area contributed by atoms with Gasteiger partial charge >= 0.3 is 0 Å². The lowest BCUT2D eigenvalue weighted by Gasteiger charge is -2.56. The summed E-state index contributed by atoms with van der Waals surface area (Å²) in [6.07, 6.45) is 12.6. The van der Waals surface area contributed by atoms with E-state index in [1.165, 1.54) is 24.8 Å². The van der Waals surface area contributed by atoms with E-state index in [0.29, 0.717) is 11.8 Å². The third-order valence-corrected chi connectivity index (χ3v) is 7.51. The van der Waals surface area contributed by atoms with Gasteiger partial charge in [-0.1, -0.05) is 25.5 Å². The standard InChI is InChI=1S/C19H26O2/c1-18-9-7-13(20)11-12(18)3-4-14-15-5-6-17(21)19(15,2)10-8-16(14)18/h7,9,11,14-17,21H,3-6,8,10H2,1-2H3/t14-,15-,16-,17-,18-,19-/m0/s1/i7+1,11+1,13+1. The van der Waals surface area contributed by atoms with Crippen LogP contribution in [0.5, 0.6) is 0 Å². The van der Waals surface area contributed by atoms with Gasteiger partial charge in [-0.25, -0.2) is 0 Å². The fourth-order valence-corrected chi connectivity index (χ4v) is 6.17. The molecule has 0 radical (unpaired) electrons. The highest BCUT2D eigenvalue weighted by Crippen LogP contribution is 2.64. The molecule has 4 aliphatic rings. The molecule has 6 atom stereocenters. The Morgan fingerprint density at radius 2 is 1.95 bits per heavy atom. The first-order valence-corrected chi connectivity index (χ1v) is 8.57. The fourth-order valence-electron chi connectivity index (χ4n) is 6.17. The van der Waals surface area contributed by atoms with E-state index >= 15 is 0 Å². The molecule has 2 heteroatoms. The summed E-state index contributed by atoms with van der Waals surface area (Å²) < 4.78 is 0. The number of aliphatic hydroxyl groups is 1. The van der Waals surface area contributed by atoms with E-state index in [9.17, 15) is 9.90 Å². The van der Waals surface area contributed by atoms with Crippen LogP contribution < -0.4 is 0 Å². The van der Waals surface area contributed by atoms with E-state index in [1.807, 2.05) is 6.08 Å². The highest BCUT2D eigenvalue weighted by atomic mass is 16.3. The van der Waals surface area contributed by atoms with Crippen molar-refractivity contribution in [3.8, 4) is 0 Å². The van der Waals surface area contributed by atoms with Crippen molar-refractivity contribution in [3.63, 3.8) is 0 Å². The summed E-state index contributed by atoms with van der Waals surface area (Å²) in [6, 6.07) is 0. The molecule has 0 bridgehead atoms. The van der Waals surface area contributed by atoms with Gasteiger partial charge in [0.25, 0.3) is 0 Å². The number of hydrogen-bond donors (Lipinski definition) is 1. The fraction of sp³-hybridized carbons (Fsp3) is 0.737. The largest absolute Gasteiger partial charge is 0.393 e. The topological polar surface area (TPSA) is 37.3 Å². The predicted octanol–water partition coefficient (Wildman–Crippen LogP) is 3.66. The van der Waals surface area contributed by atoms with Gasteiger partial charge in [0.15, 0.2) is 5.78 Å². The minimum Gasteiger partial charge on any atom is -0.393 e. The number of carbonyl (C=O) groups excluding carboxylic acids is 1. The van der Waals surface area contributed by atoms with E-state index in [1.54, 1.807) is 6.08 Å². The van der Waals surface area contributed by atoms with Gasteiger partial charge in [-0.15, -0.1) is 0 Å². The van der Waals surface area contributed by atoms with E-state index in [2.05, 4.69) is 19.9 Å². The number of allylic oxidation sites excluding steroid dienone is 4. The quantitative estimate of drug-likeness (QED) is 0.691. The molecule has 3 saturated carbocycles. The van der Waals surface area contributed by atoms with Gasteiger partial charge in [-0.05, 0) is 73.8 Å². The zero-order chi connectivity index (χ0) is 14.8. The van der Waals surface area contributed by atoms with Crippen molar-refractivity contribution in [1.29, 1.82) is 0 Å².